The summed E-state index contributed by atoms with van der Waals surface area (Å²) in [5.74, 6) is 0.480. The average Bonchev–Trinajstić information content (AvgIpc) is 2.42. The van der Waals surface area contributed by atoms with E-state index in [9.17, 15) is 4.79 Å². The largest absolute Gasteiger partial charge is 0.492 e. The molecule has 4 heteroatoms. The molecule has 0 aliphatic heterocycles. The topological polar surface area (TPSA) is 64.3 Å². The van der Waals surface area contributed by atoms with Crippen molar-refractivity contribution in [2.75, 3.05) is 17.7 Å². The van der Waals surface area contributed by atoms with E-state index in [4.69, 9.17) is 10.5 Å². The molecular formula is C16H18N2O2. The van der Waals surface area contributed by atoms with Gasteiger partial charge < -0.3 is 15.8 Å². The lowest BCUT2D eigenvalue weighted by Crippen LogP contribution is -2.13. The van der Waals surface area contributed by atoms with Crippen molar-refractivity contribution in [3.8, 4) is 5.75 Å². The monoisotopic (exact) mass is 270 g/mol. The van der Waals surface area contributed by atoms with Crippen molar-refractivity contribution in [1.82, 2.24) is 0 Å². The van der Waals surface area contributed by atoms with Crippen LogP contribution in [0.2, 0.25) is 0 Å². The van der Waals surface area contributed by atoms with Gasteiger partial charge in [0.2, 0.25) is 0 Å². The summed E-state index contributed by atoms with van der Waals surface area (Å²) < 4.78 is 5.36. The summed E-state index contributed by atoms with van der Waals surface area (Å²) in [6.45, 7) is 4.36. The van der Waals surface area contributed by atoms with E-state index in [2.05, 4.69) is 5.32 Å². The van der Waals surface area contributed by atoms with E-state index in [1.165, 1.54) is 0 Å². The summed E-state index contributed by atoms with van der Waals surface area (Å²) in [7, 11) is 0. The van der Waals surface area contributed by atoms with Crippen LogP contribution in [0, 0.1) is 6.92 Å². The maximum absolute atomic E-state index is 12.2. The predicted octanol–water partition coefficient (Wildman–Crippen LogP) is 3.23. The van der Waals surface area contributed by atoms with Crippen molar-refractivity contribution in [2.24, 2.45) is 0 Å². The lowest BCUT2D eigenvalue weighted by molar-refractivity contribution is 0.102. The molecule has 2 aromatic carbocycles. The van der Waals surface area contributed by atoms with E-state index in [0.29, 0.717) is 29.3 Å². The number of nitrogen functional groups attached to an aromatic ring is 1. The van der Waals surface area contributed by atoms with Gasteiger partial charge in [0.05, 0.1) is 12.3 Å². The molecule has 0 radical (unpaired) electrons. The van der Waals surface area contributed by atoms with E-state index in [1.807, 2.05) is 32.0 Å². The van der Waals surface area contributed by atoms with Gasteiger partial charge >= 0.3 is 0 Å². The summed E-state index contributed by atoms with van der Waals surface area (Å²) in [6.07, 6.45) is 0. The Kier molecular flexibility index (Phi) is 4.25. The van der Waals surface area contributed by atoms with E-state index in [1.54, 1.807) is 24.3 Å². The SMILES string of the molecule is CCOc1ccc(NC(=O)c2ccccc2C)cc1N. The molecule has 2 aromatic rings. The number of carbonyl (C=O) groups is 1. The number of ether oxygens (including phenoxy) is 1. The summed E-state index contributed by atoms with van der Waals surface area (Å²) in [4.78, 5) is 12.2. The van der Waals surface area contributed by atoms with Crippen molar-refractivity contribution in [2.45, 2.75) is 13.8 Å². The average molecular weight is 270 g/mol. The fraction of sp³-hybridized carbons (Fsp3) is 0.188. The highest BCUT2D eigenvalue weighted by molar-refractivity contribution is 6.05. The molecule has 3 N–H and O–H groups in total. The molecule has 0 aliphatic carbocycles. The molecular weight excluding hydrogens is 252 g/mol. The van der Waals surface area contributed by atoms with Crippen LogP contribution in [0.1, 0.15) is 22.8 Å². The zero-order chi connectivity index (χ0) is 14.5. The quantitative estimate of drug-likeness (QED) is 0.838. The van der Waals surface area contributed by atoms with Crippen LogP contribution in [-0.4, -0.2) is 12.5 Å². The number of benzene rings is 2. The molecule has 4 nitrogen and oxygen atoms in total. The van der Waals surface area contributed by atoms with Crippen LogP contribution in [0.15, 0.2) is 42.5 Å². The Morgan fingerprint density at radius 3 is 2.65 bits per heavy atom. The zero-order valence-corrected chi connectivity index (χ0v) is 11.6. The Bertz CT molecular complexity index is 624. The number of rotatable bonds is 4. The van der Waals surface area contributed by atoms with Gasteiger partial charge in [0, 0.05) is 11.3 Å². The second kappa shape index (κ2) is 6.10. The smallest absolute Gasteiger partial charge is 0.255 e. The number of aryl methyl sites for hydroxylation is 1. The number of hydrogen-bond donors (Lipinski definition) is 2. The van der Waals surface area contributed by atoms with E-state index in [0.717, 1.165) is 5.56 Å². The van der Waals surface area contributed by atoms with Gasteiger partial charge in [-0.2, -0.15) is 0 Å². The highest BCUT2D eigenvalue weighted by Gasteiger charge is 2.09. The molecule has 0 spiro atoms. The number of nitrogens with two attached hydrogens (primary N) is 1. The first-order valence-electron chi connectivity index (χ1n) is 6.51. The molecule has 2 rings (SSSR count). The first-order valence-corrected chi connectivity index (χ1v) is 6.51. The van der Waals surface area contributed by atoms with Gasteiger partial charge in [-0.15, -0.1) is 0 Å². The Morgan fingerprint density at radius 2 is 2.00 bits per heavy atom. The third-order valence-corrected chi connectivity index (χ3v) is 2.96. The van der Waals surface area contributed by atoms with Gasteiger partial charge in [0.1, 0.15) is 5.75 Å². The molecule has 0 atom stereocenters. The lowest BCUT2D eigenvalue weighted by Gasteiger charge is -2.11. The van der Waals surface area contributed by atoms with Crippen LogP contribution in [0.4, 0.5) is 11.4 Å². The maximum atomic E-state index is 12.2. The highest BCUT2D eigenvalue weighted by atomic mass is 16.5. The van der Waals surface area contributed by atoms with Crippen LogP contribution >= 0.6 is 0 Å². The molecule has 0 heterocycles. The molecule has 0 aromatic heterocycles. The first kappa shape index (κ1) is 13.9. The Morgan fingerprint density at radius 1 is 1.25 bits per heavy atom. The van der Waals surface area contributed by atoms with Crippen LogP contribution in [0.5, 0.6) is 5.75 Å². The van der Waals surface area contributed by atoms with Gasteiger partial charge in [-0.25, -0.2) is 0 Å². The fourth-order valence-electron chi connectivity index (χ4n) is 1.94. The molecule has 0 aliphatic rings. The Balaban J connectivity index is 2.16. The Labute approximate surface area is 118 Å². The van der Waals surface area contributed by atoms with Gasteiger partial charge in [0.25, 0.3) is 5.91 Å². The van der Waals surface area contributed by atoms with E-state index < -0.39 is 0 Å². The Hall–Kier alpha value is -2.49. The molecule has 0 saturated heterocycles. The molecule has 0 fully saturated rings. The summed E-state index contributed by atoms with van der Waals surface area (Å²) in [6, 6.07) is 12.7. The summed E-state index contributed by atoms with van der Waals surface area (Å²) >= 11 is 0. The van der Waals surface area contributed by atoms with Crippen LogP contribution in [0.3, 0.4) is 0 Å². The van der Waals surface area contributed by atoms with Gasteiger partial charge in [-0.3, -0.25) is 4.79 Å². The minimum Gasteiger partial charge on any atom is -0.492 e. The number of amides is 1. The second-order valence-corrected chi connectivity index (χ2v) is 4.45. The van der Waals surface area contributed by atoms with Crippen molar-refractivity contribution < 1.29 is 9.53 Å². The van der Waals surface area contributed by atoms with Crippen molar-refractivity contribution in [3.63, 3.8) is 0 Å². The number of hydrogen-bond acceptors (Lipinski definition) is 3. The van der Waals surface area contributed by atoms with E-state index >= 15 is 0 Å². The lowest BCUT2D eigenvalue weighted by atomic mass is 10.1. The normalized spacial score (nSPS) is 10.1. The minimum absolute atomic E-state index is 0.147. The molecule has 1 amide bonds. The van der Waals surface area contributed by atoms with Crippen LogP contribution < -0.4 is 15.8 Å². The zero-order valence-electron chi connectivity index (χ0n) is 11.6. The highest BCUT2D eigenvalue weighted by Crippen LogP contribution is 2.25. The van der Waals surface area contributed by atoms with Crippen molar-refractivity contribution in [1.29, 1.82) is 0 Å². The standard InChI is InChI=1S/C16H18N2O2/c1-3-20-15-9-8-12(10-14(15)17)18-16(19)13-7-5-4-6-11(13)2/h4-10H,3,17H2,1-2H3,(H,18,19). The van der Waals surface area contributed by atoms with Gasteiger partial charge in [0.15, 0.2) is 0 Å². The summed E-state index contributed by atoms with van der Waals surface area (Å²) in [5.41, 5.74) is 8.62. The maximum Gasteiger partial charge on any atom is 0.255 e. The van der Waals surface area contributed by atoms with Crippen LogP contribution in [-0.2, 0) is 0 Å². The van der Waals surface area contributed by atoms with Crippen LogP contribution in [0.25, 0.3) is 0 Å². The minimum atomic E-state index is -0.147. The molecule has 20 heavy (non-hydrogen) atoms. The van der Waals surface area contributed by atoms with Crippen molar-refractivity contribution in [3.05, 3.63) is 53.6 Å². The molecule has 104 valence electrons. The summed E-state index contributed by atoms with van der Waals surface area (Å²) in [5, 5.41) is 2.83. The molecule has 0 saturated carbocycles. The third kappa shape index (κ3) is 3.09. The van der Waals surface area contributed by atoms with Gasteiger partial charge in [-0.05, 0) is 43.7 Å². The first-order chi connectivity index (χ1) is 9.61. The number of nitrogens with one attached hydrogen (secondary N) is 1. The van der Waals surface area contributed by atoms with Gasteiger partial charge in [-0.1, -0.05) is 18.2 Å². The van der Waals surface area contributed by atoms with Crippen molar-refractivity contribution >= 4 is 17.3 Å². The molecule has 0 unspecified atom stereocenters. The predicted molar refractivity (Wildman–Crippen MR) is 81.2 cm³/mol. The fourth-order valence-corrected chi connectivity index (χ4v) is 1.94. The number of carbonyl (C=O) groups excluding carboxylic acids is 1. The number of anilines is 2. The second-order valence-electron chi connectivity index (χ2n) is 4.45. The van der Waals surface area contributed by atoms with E-state index in [-0.39, 0.29) is 5.91 Å². The third-order valence-electron chi connectivity index (χ3n) is 2.96. The molecule has 0 bridgehead atoms.